The number of carbonyl (C=O) groups excluding carboxylic acids is 12. The largest absolute Gasteiger partial charge is 0.480 e. The van der Waals surface area contributed by atoms with Crippen LogP contribution in [0.2, 0.25) is 0 Å². The number of unbranched alkanes of at least 4 members (excludes halogenated alkanes) is 1. The fraction of sp³-hybridized carbons (Fsp3) is 0.690. The lowest BCUT2D eigenvalue weighted by Crippen LogP contribution is -2.61. The number of rotatable bonds is 67. The highest BCUT2D eigenvalue weighted by atomic mass is 16.4. The molecular formula is C71H141N41O14. The van der Waals surface area contributed by atoms with E-state index in [1.165, 1.54) is 6.92 Å². The summed E-state index contributed by atoms with van der Waals surface area (Å²) in [5.74, 6) is -16.8. The number of hydrogen-bond donors (Lipinski definition) is 42. The second-order valence-corrected chi connectivity index (χ2v) is 29.8. The third kappa shape index (κ3) is 54.8. The van der Waals surface area contributed by atoms with E-state index in [2.05, 4.69) is 112 Å². The maximum atomic E-state index is 15.1. The van der Waals surface area contributed by atoms with Gasteiger partial charge in [-0.2, -0.15) is 0 Å². The molecule has 0 spiro atoms. The Kier molecular flexibility index (Phi) is 57.4. The van der Waals surface area contributed by atoms with Gasteiger partial charge in [0.2, 0.25) is 70.9 Å². The van der Waals surface area contributed by atoms with Gasteiger partial charge in [0.25, 0.3) is 0 Å². The number of carbonyl (C=O) groups is 13. The van der Waals surface area contributed by atoms with Crippen LogP contribution in [0.4, 0.5) is 0 Å². The van der Waals surface area contributed by atoms with Crippen molar-refractivity contribution in [1.82, 2.24) is 112 Å². The number of carboxylic acid groups (broad SMARTS) is 1. The molecule has 714 valence electrons. The molecule has 12 amide bonds. The molecule has 0 fully saturated rings. The Labute approximate surface area is 731 Å². The minimum Gasteiger partial charge on any atom is -0.480 e. The van der Waals surface area contributed by atoms with E-state index < -0.39 is 210 Å². The van der Waals surface area contributed by atoms with Crippen LogP contribution >= 0.6 is 0 Å². The van der Waals surface area contributed by atoms with Crippen LogP contribution in [0.1, 0.15) is 162 Å². The van der Waals surface area contributed by atoms with E-state index in [4.69, 9.17) is 112 Å². The van der Waals surface area contributed by atoms with Gasteiger partial charge in [0.1, 0.15) is 66.5 Å². The molecule has 0 saturated carbocycles. The predicted molar refractivity (Wildman–Crippen MR) is 470 cm³/mol. The monoisotopic (exact) mass is 1790 g/mol. The second kappa shape index (κ2) is 64.3. The summed E-state index contributed by atoms with van der Waals surface area (Å²) in [4.78, 5) is 185. The lowest BCUT2D eigenvalue weighted by atomic mass is 10.0. The molecule has 53 N–H and O–H groups in total. The summed E-state index contributed by atoms with van der Waals surface area (Å²) in [5.41, 5.74) is 61.6. The third-order valence-electron chi connectivity index (χ3n) is 18.4. The zero-order chi connectivity index (χ0) is 95.4. The van der Waals surface area contributed by atoms with Crippen LogP contribution in [0.25, 0.3) is 0 Å². The standard InChI is InChI=1S/C71H141N41O14/c1-37(2)35-39(73)52(115)102-38(3)51(114)101-36-50(113)103-40(16-6-26-92-63(74)75)53(116)104-41(17-7-27-93-64(76)77)54(117)105-42(18-8-28-94-65(78)79)55(118)106-43(19-9-29-95-66(80)81)56(119)107-44(20-10-30-96-67(82)83)57(120)108-45(21-11-31-97-68(84)85)58(121)109-46(22-12-32-98-69(86)87)59(122)110-47(23-13-33-99-70(88)89)60(123)111-48(24-14-34-100-71(90)91)61(124)112-49(62(125)126)15-4-5-25-72/h37-49H,4-36,72-73H2,1-3H3,(H,101,114)(H,102,115)(H,103,113)(H,104,116)(H,105,117)(H,106,118)(H,107,119)(H,108,120)(H,109,121)(H,110,122)(H,111,123)(H,112,124)(H,125,126)(H4,74,75,92)(H4,76,77,93)(H4,78,79,94)(H4,80,81,95)(H4,82,83,96)(H4,84,85,97)(H4,86,87,98)(H4,88,89,99)(H4,90,91,100)/t38-,39-,40-,41-,42-,43-,44-,45-,46-,47-,48-,49-/m0/s1. The number of hydrogen-bond acceptors (Lipinski definition) is 24. The number of aliphatic carboxylic acids is 1. The predicted octanol–water partition coefficient (Wildman–Crippen LogP) is -12.6. The van der Waals surface area contributed by atoms with Crippen molar-refractivity contribution in [3.63, 3.8) is 0 Å². The van der Waals surface area contributed by atoms with Gasteiger partial charge in [-0.3, -0.25) is 106 Å². The van der Waals surface area contributed by atoms with Crippen molar-refractivity contribution in [2.75, 3.05) is 72.0 Å². The Balaban J connectivity index is 8.11. The Morgan fingerprint density at radius 1 is 0.254 bits per heavy atom. The van der Waals surface area contributed by atoms with Gasteiger partial charge >= 0.3 is 5.97 Å². The molecule has 55 nitrogen and oxygen atoms in total. The SMILES string of the molecule is CC(C)C[C@H](N)C(=O)N[C@@H](C)C(=O)NCC(=O)N[C@@H](CCCNC(=N)N)C(=O)N[C@@H](CCCNC(=N)N)C(=O)N[C@@H](CCCNC(=N)N)C(=O)N[C@@H](CCCNC(=N)N)C(=O)N[C@@H](CCCNC(=N)N)C(=O)N[C@@H](CCCNC(=N)N)C(=O)N[C@@H](CCCNC(=N)N)C(=O)N[C@@H](CCCNC(=N)N)C(=O)N[C@@H](CCCNC(=N)N)C(=O)N[C@@H](CCCCN)C(=O)O. The molecule has 126 heavy (non-hydrogen) atoms. The van der Waals surface area contributed by atoms with Crippen molar-refractivity contribution >= 4 is 130 Å². The number of carboxylic acids is 1. The van der Waals surface area contributed by atoms with Crippen molar-refractivity contribution in [2.45, 2.75) is 235 Å². The van der Waals surface area contributed by atoms with E-state index in [1.54, 1.807) is 0 Å². The normalized spacial score (nSPS) is 13.6. The lowest BCUT2D eigenvalue weighted by Gasteiger charge is -2.29. The quantitative estimate of drug-likeness (QED) is 0.0153. The molecule has 0 aromatic carbocycles. The van der Waals surface area contributed by atoms with Gasteiger partial charge in [0.05, 0.1) is 12.6 Å². The number of nitrogens with two attached hydrogens (primary N) is 11. The van der Waals surface area contributed by atoms with E-state index in [0.29, 0.717) is 19.3 Å². The van der Waals surface area contributed by atoms with Crippen LogP contribution in [-0.2, 0) is 62.3 Å². The van der Waals surface area contributed by atoms with Crippen LogP contribution in [0, 0.1) is 54.6 Å². The number of guanidine groups is 9. The minimum absolute atomic E-state index is 0.0125. The van der Waals surface area contributed by atoms with Gasteiger partial charge in [0.15, 0.2) is 53.6 Å². The molecule has 0 bridgehead atoms. The highest BCUT2D eigenvalue weighted by molar-refractivity contribution is 6.00. The summed E-state index contributed by atoms with van der Waals surface area (Å²) in [7, 11) is 0. The summed E-state index contributed by atoms with van der Waals surface area (Å²) >= 11 is 0. The van der Waals surface area contributed by atoms with E-state index in [-0.39, 0.29) is 193 Å². The van der Waals surface area contributed by atoms with Crippen molar-refractivity contribution < 1.29 is 67.4 Å². The summed E-state index contributed by atoms with van der Waals surface area (Å²) in [5, 5.41) is 133. The van der Waals surface area contributed by atoms with Gasteiger partial charge in [0, 0.05) is 58.9 Å². The van der Waals surface area contributed by atoms with E-state index in [9.17, 15) is 48.3 Å². The zero-order valence-corrected chi connectivity index (χ0v) is 71.9. The van der Waals surface area contributed by atoms with E-state index in [0.717, 1.165) is 0 Å². The Morgan fingerprint density at radius 2 is 0.444 bits per heavy atom. The molecule has 0 unspecified atom stereocenters. The van der Waals surface area contributed by atoms with Crippen molar-refractivity contribution in [1.29, 1.82) is 48.7 Å². The first-order valence-corrected chi connectivity index (χ1v) is 41.4. The highest BCUT2D eigenvalue weighted by Gasteiger charge is 2.37. The summed E-state index contributed by atoms with van der Waals surface area (Å²) < 4.78 is 0. The highest BCUT2D eigenvalue weighted by Crippen LogP contribution is 2.13. The third-order valence-corrected chi connectivity index (χ3v) is 18.4. The molecule has 55 heteroatoms. The Morgan fingerprint density at radius 3 is 0.627 bits per heavy atom. The average Bonchev–Trinajstić information content (AvgIpc) is 0.853. The van der Waals surface area contributed by atoms with Crippen molar-refractivity contribution in [2.24, 2.45) is 69.0 Å². The lowest BCUT2D eigenvalue weighted by molar-refractivity contribution is -0.142. The topological polar surface area (TPSA) is 996 Å². The van der Waals surface area contributed by atoms with E-state index >= 15 is 19.2 Å². The summed E-state index contributed by atoms with van der Waals surface area (Å²) in [6.07, 6.45) is -1.20. The maximum absolute atomic E-state index is 15.1. The van der Waals surface area contributed by atoms with Gasteiger partial charge in [-0.15, -0.1) is 0 Å². The molecule has 0 aromatic heterocycles. The molecule has 0 saturated heterocycles. The summed E-state index contributed by atoms with van der Waals surface area (Å²) in [6.45, 7) is 4.23. The molecule has 12 atom stereocenters. The second-order valence-electron chi connectivity index (χ2n) is 29.8. The summed E-state index contributed by atoms with van der Waals surface area (Å²) in [6, 6.07) is -17.8. The van der Waals surface area contributed by atoms with E-state index in [1.807, 2.05) is 13.8 Å². The van der Waals surface area contributed by atoms with Crippen LogP contribution in [0.15, 0.2) is 0 Å². The fourth-order valence-electron chi connectivity index (χ4n) is 12.0. The Bertz CT molecular complexity index is 3600. The van der Waals surface area contributed by atoms with Crippen LogP contribution in [0.5, 0.6) is 0 Å². The first-order chi connectivity index (χ1) is 59.4. The minimum atomic E-state index is -1.67. The van der Waals surface area contributed by atoms with Gasteiger partial charge in [-0.05, 0) is 161 Å². The zero-order valence-electron chi connectivity index (χ0n) is 71.9. The average molecular weight is 1790 g/mol. The molecule has 0 aliphatic rings. The van der Waals surface area contributed by atoms with Gasteiger partial charge in [-0.25, -0.2) is 4.79 Å². The molecule has 0 aliphatic heterocycles. The molecular weight excluding hydrogens is 1650 g/mol. The van der Waals surface area contributed by atoms with Gasteiger partial charge in [-0.1, -0.05) is 13.8 Å². The first kappa shape index (κ1) is 112. The fourth-order valence-corrected chi connectivity index (χ4v) is 12.0. The molecule has 0 aliphatic carbocycles. The van der Waals surface area contributed by atoms with Gasteiger partial charge < -0.3 is 180 Å². The van der Waals surface area contributed by atoms with Crippen molar-refractivity contribution in [3.05, 3.63) is 0 Å². The first-order valence-electron chi connectivity index (χ1n) is 41.4. The Hall–Kier alpha value is -13.5. The molecule has 0 rings (SSSR count). The smallest absolute Gasteiger partial charge is 0.326 e. The molecule has 0 heterocycles. The molecule has 0 aromatic rings. The molecule has 0 radical (unpaired) electrons. The number of amides is 12. The van der Waals surface area contributed by atoms with Crippen LogP contribution in [-0.4, -0.2) is 280 Å². The van der Waals surface area contributed by atoms with Crippen LogP contribution in [0.3, 0.4) is 0 Å². The van der Waals surface area contributed by atoms with Crippen molar-refractivity contribution in [3.8, 4) is 0 Å². The van der Waals surface area contributed by atoms with Crippen LogP contribution < -0.4 is 175 Å². The number of nitrogens with one attached hydrogen (secondary N) is 30. The maximum Gasteiger partial charge on any atom is 0.326 e.